The molecule has 1 heteroatoms. The summed E-state index contributed by atoms with van der Waals surface area (Å²) in [6, 6.07) is 0. The largest absolute Gasteiger partial charge is 0.307 e. The van der Waals surface area contributed by atoms with E-state index in [1.54, 1.807) is 0 Å². The van der Waals surface area contributed by atoms with Crippen LogP contribution in [0, 0.1) is 5.92 Å². The van der Waals surface area contributed by atoms with Gasteiger partial charge in [0.25, 0.3) is 0 Å². The van der Waals surface area contributed by atoms with Crippen LogP contribution in [0.25, 0.3) is 0 Å². The molecule has 1 aliphatic heterocycles. The van der Waals surface area contributed by atoms with Gasteiger partial charge in [-0.05, 0) is 46.5 Å². The summed E-state index contributed by atoms with van der Waals surface area (Å²) in [5.74, 6) is 0.930. The molecular weight excluding hydrogens is 278 g/mol. The fraction of sp³-hybridized carbons (Fsp3) is 1.00. The first-order chi connectivity index (χ1) is 10.8. The summed E-state index contributed by atoms with van der Waals surface area (Å²) in [4.78, 5) is 0. The molecule has 1 N–H and O–H groups in total. The molecule has 0 saturated carbocycles. The standard InChI is InChI=1S/C22H45N/c1-6-7-8-9-10-11-12-13-14-15-16-17-20-18-21(2,3)23-22(4,5)19-20/h20,23H,6-19H2,1-5H3. The molecule has 0 spiro atoms. The number of piperidine rings is 1. The Kier molecular flexibility index (Phi) is 9.82. The fourth-order valence-electron chi connectivity index (χ4n) is 4.84. The summed E-state index contributed by atoms with van der Waals surface area (Å²) in [7, 11) is 0. The molecule has 0 unspecified atom stereocenters. The second kappa shape index (κ2) is 10.7. The Morgan fingerprint density at radius 1 is 0.652 bits per heavy atom. The molecule has 1 aliphatic rings. The molecule has 138 valence electrons. The average Bonchev–Trinajstić information content (AvgIpc) is 2.41. The molecule has 0 aromatic heterocycles. The molecule has 0 aromatic carbocycles. The topological polar surface area (TPSA) is 12.0 Å². The van der Waals surface area contributed by atoms with Crippen LogP contribution in [-0.4, -0.2) is 11.1 Å². The van der Waals surface area contributed by atoms with Crippen LogP contribution >= 0.6 is 0 Å². The minimum absolute atomic E-state index is 0.324. The van der Waals surface area contributed by atoms with Gasteiger partial charge in [-0.15, -0.1) is 0 Å². The third-order valence-electron chi connectivity index (χ3n) is 5.49. The molecule has 0 radical (unpaired) electrons. The summed E-state index contributed by atoms with van der Waals surface area (Å²) in [5.41, 5.74) is 0.647. The maximum Gasteiger partial charge on any atom is 0.0132 e. The van der Waals surface area contributed by atoms with Crippen molar-refractivity contribution in [2.75, 3.05) is 0 Å². The average molecular weight is 324 g/mol. The Morgan fingerprint density at radius 2 is 1.04 bits per heavy atom. The van der Waals surface area contributed by atoms with E-state index >= 15 is 0 Å². The van der Waals surface area contributed by atoms with Gasteiger partial charge in [-0.2, -0.15) is 0 Å². The van der Waals surface area contributed by atoms with Crippen LogP contribution in [0.4, 0.5) is 0 Å². The van der Waals surface area contributed by atoms with Gasteiger partial charge in [-0.25, -0.2) is 0 Å². The highest BCUT2D eigenvalue weighted by Gasteiger charge is 2.36. The number of hydrogen-bond acceptors (Lipinski definition) is 1. The lowest BCUT2D eigenvalue weighted by molar-refractivity contribution is 0.122. The smallest absolute Gasteiger partial charge is 0.0132 e. The number of nitrogens with one attached hydrogen (secondary N) is 1. The van der Waals surface area contributed by atoms with Gasteiger partial charge in [0.15, 0.2) is 0 Å². The summed E-state index contributed by atoms with van der Waals surface area (Å²) in [6.45, 7) is 11.8. The van der Waals surface area contributed by atoms with Crippen LogP contribution < -0.4 is 5.32 Å². The van der Waals surface area contributed by atoms with Crippen molar-refractivity contribution in [1.29, 1.82) is 0 Å². The quantitative estimate of drug-likeness (QED) is 0.373. The molecule has 1 nitrogen and oxygen atoms in total. The second-order valence-corrected chi connectivity index (χ2v) is 9.49. The predicted octanol–water partition coefficient (Wildman–Crippen LogP) is 7.24. The molecule has 1 heterocycles. The Balaban J connectivity index is 1.96. The van der Waals surface area contributed by atoms with E-state index in [1.807, 2.05) is 0 Å². The van der Waals surface area contributed by atoms with Gasteiger partial charge >= 0.3 is 0 Å². The van der Waals surface area contributed by atoms with E-state index in [0.717, 1.165) is 5.92 Å². The highest BCUT2D eigenvalue weighted by Crippen LogP contribution is 2.35. The lowest BCUT2D eigenvalue weighted by Gasteiger charge is -2.46. The Bertz CT molecular complexity index is 276. The maximum atomic E-state index is 3.80. The van der Waals surface area contributed by atoms with Gasteiger partial charge in [0.2, 0.25) is 0 Å². The lowest BCUT2D eigenvalue weighted by Crippen LogP contribution is -2.57. The SMILES string of the molecule is CCCCCCCCCCCCCC1CC(C)(C)NC(C)(C)C1. The summed E-state index contributed by atoms with van der Waals surface area (Å²) in [6.07, 6.45) is 20.1. The summed E-state index contributed by atoms with van der Waals surface area (Å²) in [5, 5.41) is 3.80. The Morgan fingerprint density at radius 3 is 1.48 bits per heavy atom. The lowest BCUT2D eigenvalue weighted by atomic mass is 9.74. The van der Waals surface area contributed by atoms with Gasteiger partial charge < -0.3 is 5.32 Å². The molecule has 0 aromatic rings. The van der Waals surface area contributed by atoms with Gasteiger partial charge in [0.05, 0.1) is 0 Å². The molecule has 0 atom stereocenters. The van der Waals surface area contributed by atoms with E-state index in [1.165, 1.54) is 89.9 Å². The third kappa shape index (κ3) is 10.4. The predicted molar refractivity (Wildman–Crippen MR) is 105 cm³/mol. The fourth-order valence-corrected chi connectivity index (χ4v) is 4.84. The Labute approximate surface area is 147 Å². The molecule has 23 heavy (non-hydrogen) atoms. The van der Waals surface area contributed by atoms with Crippen molar-refractivity contribution in [3.05, 3.63) is 0 Å². The number of unbranched alkanes of at least 4 members (excludes halogenated alkanes) is 10. The van der Waals surface area contributed by atoms with Crippen molar-refractivity contribution >= 4 is 0 Å². The van der Waals surface area contributed by atoms with Gasteiger partial charge in [0, 0.05) is 11.1 Å². The monoisotopic (exact) mass is 323 g/mol. The third-order valence-corrected chi connectivity index (χ3v) is 5.49. The minimum atomic E-state index is 0.324. The van der Waals surface area contributed by atoms with E-state index in [2.05, 4.69) is 39.9 Å². The van der Waals surface area contributed by atoms with Gasteiger partial charge in [-0.3, -0.25) is 0 Å². The van der Waals surface area contributed by atoms with Gasteiger partial charge in [-0.1, -0.05) is 84.0 Å². The van der Waals surface area contributed by atoms with E-state index in [4.69, 9.17) is 0 Å². The van der Waals surface area contributed by atoms with Crippen LogP contribution in [0.5, 0.6) is 0 Å². The highest BCUT2D eigenvalue weighted by molar-refractivity contribution is 4.96. The maximum absolute atomic E-state index is 3.80. The zero-order chi connectivity index (χ0) is 17.2. The summed E-state index contributed by atoms with van der Waals surface area (Å²) < 4.78 is 0. The van der Waals surface area contributed by atoms with Gasteiger partial charge in [0.1, 0.15) is 0 Å². The van der Waals surface area contributed by atoms with Crippen LogP contribution in [0.1, 0.15) is 125 Å². The van der Waals surface area contributed by atoms with Crippen LogP contribution in [0.3, 0.4) is 0 Å². The van der Waals surface area contributed by atoms with Crippen molar-refractivity contribution in [2.45, 2.75) is 136 Å². The van der Waals surface area contributed by atoms with E-state index in [0.29, 0.717) is 11.1 Å². The molecule has 0 amide bonds. The van der Waals surface area contributed by atoms with Crippen LogP contribution in [0.15, 0.2) is 0 Å². The molecule has 1 rings (SSSR count). The second-order valence-electron chi connectivity index (χ2n) is 9.49. The minimum Gasteiger partial charge on any atom is -0.307 e. The zero-order valence-electron chi connectivity index (χ0n) is 17.0. The first-order valence-corrected chi connectivity index (χ1v) is 10.6. The first kappa shape index (κ1) is 21.0. The summed E-state index contributed by atoms with van der Waals surface area (Å²) >= 11 is 0. The molecular formula is C22H45N. The van der Waals surface area contributed by atoms with Crippen LogP contribution in [-0.2, 0) is 0 Å². The Hall–Kier alpha value is -0.0400. The molecule has 0 aliphatic carbocycles. The van der Waals surface area contributed by atoms with E-state index < -0.39 is 0 Å². The van der Waals surface area contributed by atoms with Crippen molar-refractivity contribution in [2.24, 2.45) is 5.92 Å². The highest BCUT2D eigenvalue weighted by atomic mass is 15.0. The van der Waals surface area contributed by atoms with Crippen molar-refractivity contribution in [1.82, 2.24) is 5.32 Å². The zero-order valence-corrected chi connectivity index (χ0v) is 17.0. The van der Waals surface area contributed by atoms with E-state index in [-0.39, 0.29) is 0 Å². The molecule has 1 saturated heterocycles. The number of rotatable bonds is 12. The van der Waals surface area contributed by atoms with Crippen molar-refractivity contribution < 1.29 is 0 Å². The van der Waals surface area contributed by atoms with Crippen molar-refractivity contribution in [3.8, 4) is 0 Å². The van der Waals surface area contributed by atoms with E-state index in [9.17, 15) is 0 Å². The first-order valence-electron chi connectivity index (χ1n) is 10.6. The number of hydrogen-bond donors (Lipinski definition) is 1. The molecule has 0 bridgehead atoms. The molecule has 1 fully saturated rings. The normalized spacial score (nSPS) is 20.7. The van der Waals surface area contributed by atoms with Crippen molar-refractivity contribution in [3.63, 3.8) is 0 Å². The van der Waals surface area contributed by atoms with Crippen LogP contribution in [0.2, 0.25) is 0 Å².